The van der Waals surface area contributed by atoms with Crippen molar-refractivity contribution in [3.05, 3.63) is 29.3 Å². The maximum atomic E-state index is 10.2. The zero-order valence-electron chi connectivity index (χ0n) is 15.5. The predicted octanol–water partition coefficient (Wildman–Crippen LogP) is 7.08. The molecule has 130 valence electrons. The second kappa shape index (κ2) is 8.76. The Bertz CT molecular complexity index is 457. The summed E-state index contributed by atoms with van der Waals surface area (Å²) in [5.74, 6) is 1.13. The SMILES string of the molecule is CC(C)(C)c1cc(C2CCCCCCCCCCC2)ccc1O. The number of phenolic OH excluding ortho intramolecular Hbond substituents is 1. The lowest BCUT2D eigenvalue weighted by atomic mass is 9.81. The van der Waals surface area contributed by atoms with E-state index in [0.717, 1.165) is 5.56 Å². The Balaban J connectivity index is 2.12. The Kier molecular flexibility index (Phi) is 6.99. The largest absolute Gasteiger partial charge is 0.508 e. The van der Waals surface area contributed by atoms with Gasteiger partial charge in [-0.05, 0) is 41.4 Å². The quantitative estimate of drug-likeness (QED) is 0.587. The van der Waals surface area contributed by atoms with Crippen LogP contribution in [0.4, 0.5) is 0 Å². The van der Waals surface area contributed by atoms with Crippen LogP contribution in [0.2, 0.25) is 0 Å². The molecule has 23 heavy (non-hydrogen) atoms. The summed E-state index contributed by atoms with van der Waals surface area (Å²) in [6.07, 6.45) is 15.2. The molecule has 2 rings (SSSR count). The van der Waals surface area contributed by atoms with E-state index in [-0.39, 0.29) is 5.41 Å². The van der Waals surface area contributed by atoms with Crippen molar-refractivity contribution < 1.29 is 5.11 Å². The molecule has 0 spiro atoms. The maximum absolute atomic E-state index is 10.2. The summed E-state index contributed by atoms with van der Waals surface area (Å²) in [5, 5.41) is 10.2. The standard InChI is InChI=1S/C22H36O/c1-22(2,3)20-17-19(15-16-21(20)23)18-13-11-9-7-5-4-6-8-10-12-14-18/h15-18,23H,4-14H2,1-3H3. The van der Waals surface area contributed by atoms with Gasteiger partial charge in [-0.3, -0.25) is 0 Å². The summed E-state index contributed by atoms with van der Waals surface area (Å²) in [6.45, 7) is 6.56. The minimum absolute atomic E-state index is 0.00543. The highest BCUT2D eigenvalue weighted by atomic mass is 16.3. The first-order chi connectivity index (χ1) is 11.0. The van der Waals surface area contributed by atoms with E-state index in [1.807, 2.05) is 6.07 Å². The van der Waals surface area contributed by atoms with E-state index in [1.54, 1.807) is 0 Å². The minimum Gasteiger partial charge on any atom is -0.508 e. The van der Waals surface area contributed by atoms with E-state index in [2.05, 4.69) is 32.9 Å². The summed E-state index contributed by atoms with van der Waals surface area (Å²) < 4.78 is 0. The molecule has 0 atom stereocenters. The van der Waals surface area contributed by atoms with E-state index in [1.165, 1.54) is 76.2 Å². The van der Waals surface area contributed by atoms with Crippen molar-refractivity contribution in [2.24, 2.45) is 0 Å². The average Bonchev–Trinajstić information content (AvgIpc) is 2.47. The first kappa shape index (κ1) is 18.4. The molecule has 0 saturated heterocycles. The molecule has 1 saturated carbocycles. The Morgan fingerprint density at radius 1 is 0.783 bits per heavy atom. The molecule has 1 heteroatoms. The van der Waals surface area contributed by atoms with Crippen molar-refractivity contribution >= 4 is 0 Å². The molecule has 1 aromatic rings. The van der Waals surface area contributed by atoms with E-state index in [9.17, 15) is 5.11 Å². The third-order valence-electron chi connectivity index (χ3n) is 5.41. The second-order valence-corrected chi connectivity index (χ2v) is 8.48. The molecule has 1 aliphatic rings. The normalized spacial score (nSPS) is 19.8. The van der Waals surface area contributed by atoms with Crippen molar-refractivity contribution in [3.63, 3.8) is 0 Å². The van der Waals surface area contributed by atoms with Crippen LogP contribution in [0.3, 0.4) is 0 Å². The van der Waals surface area contributed by atoms with Gasteiger partial charge in [-0.15, -0.1) is 0 Å². The molecule has 0 radical (unpaired) electrons. The molecular weight excluding hydrogens is 280 g/mol. The predicted molar refractivity (Wildman–Crippen MR) is 100 cm³/mol. The van der Waals surface area contributed by atoms with Crippen molar-refractivity contribution in [2.45, 2.75) is 103 Å². The molecule has 1 aliphatic carbocycles. The van der Waals surface area contributed by atoms with Crippen LogP contribution in [0.1, 0.15) is 108 Å². The zero-order valence-corrected chi connectivity index (χ0v) is 15.5. The topological polar surface area (TPSA) is 20.2 Å². The lowest BCUT2D eigenvalue weighted by molar-refractivity contribution is 0.442. The molecular formula is C22H36O. The van der Waals surface area contributed by atoms with Gasteiger partial charge in [0.05, 0.1) is 0 Å². The summed E-state index contributed by atoms with van der Waals surface area (Å²) >= 11 is 0. The number of hydrogen-bond acceptors (Lipinski definition) is 1. The molecule has 1 nitrogen and oxygen atoms in total. The summed E-state index contributed by atoms with van der Waals surface area (Å²) in [6, 6.07) is 6.37. The Hall–Kier alpha value is -0.980. The van der Waals surface area contributed by atoms with E-state index in [0.29, 0.717) is 11.7 Å². The Morgan fingerprint density at radius 2 is 1.26 bits per heavy atom. The Morgan fingerprint density at radius 3 is 1.74 bits per heavy atom. The number of phenols is 1. The fourth-order valence-corrected chi connectivity index (χ4v) is 3.90. The smallest absolute Gasteiger partial charge is 0.119 e. The van der Waals surface area contributed by atoms with Crippen LogP contribution < -0.4 is 0 Å². The maximum Gasteiger partial charge on any atom is 0.119 e. The van der Waals surface area contributed by atoms with Gasteiger partial charge in [0.2, 0.25) is 0 Å². The van der Waals surface area contributed by atoms with Gasteiger partial charge in [0.1, 0.15) is 5.75 Å². The average molecular weight is 317 g/mol. The molecule has 0 bridgehead atoms. The van der Waals surface area contributed by atoms with Gasteiger partial charge in [0, 0.05) is 0 Å². The van der Waals surface area contributed by atoms with Gasteiger partial charge >= 0.3 is 0 Å². The first-order valence-electron chi connectivity index (χ1n) is 9.82. The van der Waals surface area contributed by atoms with Crippen molar-refractivity contribution in [3.8, 4) is 5.75 Å². The van der Waals surface area contributed by atoms with Crippen LogP contribution in [-0.4, -0.2) is 5.11 Å². The molecule has 0 unspecified atom stereocenters. The first-order valence-corrected chi connectivity index (χ1v) is 9.82. The highest BCUT2D eigenvalue weighted by Crippen LogP contribution is 2.36. The Labute approximate surface area is 143 Å². The summed E-state index contributed by atoms with van der Waals surface area (Å²) in [4.78, 5) is 0. The van der Waals surface area contributed by atoms with Gasteiger partial charge in [-0.1, -0.05) is 90.7 Å². The molecule has 0 amide bonds. The highest BCUT2D eigenvalue weighted by Gasteiger charge is 2.20. The van der Waals surface area contributed by atoms with Crippen molar-refractivity contribution in [1.82, 2.24) is 0 Å². The van der Waals surface area contributed by atoms with Crippen LogP contribution in [0.25, 0.3) is 0 Å². The molecule has 0 aromatic heterocycles. The van der Waals surface area contributed by atoms with Crippen LogP contribution in [-0.2, 0) is 5.41 Å². The molecule has 1 N–H and O–H groups in total. The monoisotopic (exact) mass is 316 g/mol. The number of benzene rings is 1. The number of rotatable bonds is 1. The van der Waals surface area contributed by atoms with Gasteiger partial charge in [0.25, 0.3) is 0 Å². The number of aromatic hydroxyl groups is 1. The third kappa shape index (κ3) is 5.86. The molecule has 1 aromatic carbocycles. The van der Waals surface area contributed by atoms with Crippen LogP contribution in [0, 0.1) is 0 Å². The van der Waals surface area contributed by atoms with Crippen LogP contribution >= 0.6 is 0 Å². The summed E-state index contributed by atoms with van der Waals surface area (Å²) in [7, 11) is 0. The fourth-order valence-electron chi connectivity index (χ4n) is 3.90. The lowest BCUT2D eigenvalue weighted by Gasteiger charge is -2.24. The lowest BCUT2D eigenvalue weighted by Crippen LogP contribution is -2.12. The van der Waals surface area contributed by atoms with Crippen molar-refractivity contribution in [2.75, 3.05) is 0 Å². The third-order valence-corrected chi connectivity index (χ3v) is 5.41. The van der Waals surface area contributed by atoms with Gasteiger partial charge in [-0.2, -0.15) is 0 Å². The summed E-state index contributed by atoms with van der Waals surface area (Å²) in [5.41, 5.74) is 2.55. The van der Waals surface area contributed by atoms with Crippen LogP contribution in [0.5, 0.6) is 5.75 Å². The molecule has 0 heterocycles. The molecule has 0 aliphatic heterocycles. The fraction of sp³-hybridized carbons (Fsp3) is 0.727. The number of hydrogen-bond donors (Lipinski definition) is 1. The van der Waals surface area contributed by atoms with Gasteiger partial charge < -0.3 is 5.11 Å². The van der Waals surface area contributed by atoms with E-state index in [4.69, 9.17) is 0 Å². The van der Waals surface area contributed by atoms with Gasteiger partial charge in [0.15, 0.2) is 0 Å². The van der Waals surface area contributed by atoms with Crippen LogP contribution in [0.15, 0.2) is 18.2 Å². The minimum atomic E-state index is 0.00543. The van der Waals surface area contributed by atoms with Gasteiger partial charge in [-0.25, -0.2) is 0 Å². The van der Waals surface area contributed by atoms with E-state index < -0.39 is 0 Å². The highest BCUT2D eigenvalue weighted by molar-refractivity contribution is 5.41. The van der Waals surface area contributed by atoms with E-state index >= 15 is 0 Å². The second-order valence-electron chi connectivity index (χ2n) is 8.48. The molecule has 1 fully saturated rings. The zero-order chi connectivity index (χ0) is 16.7. The van der Waals surface area contributed by atoms with Crippen molar-refractivity contribution in [1.29, 1.82) is 0 Å².